The molecule has 0 radical (unpaired) electrons. The molecule has 0 bridgehead atoms. The second kappa shape index (κ2) is 8.54. The molecule has 2 atom stereocenters. The molecular weight excluding hydrogens is 352 g/mol. The second-order valence-corrected chi connectivity index (χ2v) is 7.20. The van der Waals surface area contributed by atoms with Crippen molar-refractivity contribution in [2.75, 3.05) is 6.61 Å². The molecule has 2 unspecified atom stereocenters. The maximum absolute atomic E-state index is 5.65. The molecule has 16 heavy (non-hydrogen) atoms. The Kier molecular flexibility index (Phi) is 7.75. The van der Waals surface area contributed by atoms with Crippen molar-refractivity contribution in [3.63, 3.8) is 0 Å². The SMILES string of the molecule is CCCC(Br)CCC(Br)COc1ccsc1. The van der Waals surface area contributed by atoms with E-state index in [-0.39, 0.29) is 0 Å². The Morgan fingerprint density at radius 1 is 1.25 bits per heavy atom. The molecule has 0 N–H and O–H groups in total. The molecule has 0 saturated heterocycles. The van der Waals surface area contributed by atoms with Gasteiger partial charge in [0.25, 0.3) is 0 Å². The Morgan fingerprint density at radius 2 is 2.00 bits per heavy atom. The van der Waals surface area contributed by atoms with Crippen molar-refractivity contribution in [2.45, 2.75) is 42.3 Å². The smallest absolute Gasteiger partial charge is 0.130 e. The van der Waals surface area contributed by atoms with Crippen molar-refractivity contribution >= 4 is 43.2 Å². The number of ether oxygens (including phenoxy) is 1. The molecule has 4 heteroatoms. The first-order valence-corrected chi connectivity index (χ1v) is 8.43. The summed E-state index contributed by atoms with van der Waals surface area (Å²) in [5, 5.41) is 4.07. The Labute approximate surface area is 119 Å². The lowest BCUT2D eigenvalue weighted by Gasteiger charge is -2.13. The van der Waals surface area contributed by atoms with Crippen molar-refractivity contribution in [2.24, 2.45) is 0 Å². The number of hydrogen-bond donors (Lipinski definition) is 0. The number of alkyl halides is 2. The van der Waals surface area contributed by atoms with Gasteiger partial charge in [-0.1, -0.05) is 45.2 Å². The molecule has 0 fully saturated rings. The summed E-state index contributed by atoms with van der Waals surface area (Å²) in [7, 11) is 0. The Balaban J connectivity index is 2.09. The van der Waals surface area contributed by atoms with Crippen LogP contribution < -0.4 is 4.74 Å². The van der Waals surface area contributed by atoms with Crippen LogP contribution in [0, 0.1) is 0 Å². The Bertz CT molecular complexity index is 264. The van der Waals surface area contributed by atoms with Gasteiger partial charge in [-0.15, -0.1) is 11.3 Å². The molecule has 0 amide bonds. The molecule has 1 nitrogen and oxygen atoms in total. The summed E-state index contributed by atoms with van der Waals surface area (Å²) < 4.78 is 5.65. The van der Waals surface area contributed by atoms with E-state index in [1.54, 1.807) is 11.3 Å². The third-order valence-electron chi connectivity index (χ3n) is 2.32. The van der Waals surface area contributed by atoms with Crippen LogP contribution in [0.25, 0.3) is 0 Å². The molecule has 0 spiro atoms. The van der Waals surface area contributed by atoms with E-state index in [0.717, 1.165) is 18.8 Å². The summed E-state index contributed by atoms with van der Waals surface area (Å²) in [5.74, 6) is 0.985. The van der Waals surface area contributed by atoms with E-state index < -0.39 is 0 Å². The summed E-state index contributed by atoms with van der Waals surface area (Å²) in [6, 6.07) is 2.01. The van der Waals surface area contributed by atoms with Crippen molar-refractivity contribution in [3.8, 4) is 5.75 Å². The zero-order valence-electron chi connectivity index (χ0n) is 9.49. The number of rotatable bonds is 8. The van der Waals surface area contributed by atoms with Gasteiger partial charge in [0.15, 0.2) is 0 Å². The lowest BCUT2D eigenvalue weighted by atomic mass is 10.1. The van der Waals surface area contributed by atoms with Crippen LogP contribution in [-0.4, -0.2) is 16.3 Å². The second-order valence-electron chi connectivity index (χ2n) is 3.83. The summed E-state index contributed by atoms with van der Waals surface area (Å²) >= 11 is 9.03. The van der Waals surface area contributed by atoms with E-state index in [9.17, 15) is 0 Å². The van der Waals surface area contributed by atoms with E-state index in [4.69, 9.17) is 4.74 Å². The predicted molar refractivity (Wildman–Crippen MR) is 79.4 cm³/mol. The summed E-state index contributed by atoms with van der Waals surface area (Å²) in [5.41, 5.74) is 0. The first-order chi connectivity index (χ1) is 7.72. The molecule has 1 rings (SSSR count). The molecule has 0 aliphatic rings. The van der Waals surface area contributed by atoms with E-state index in [1.807, 2.05) is 16.8 Å². The van der Waals surface area contributed by atoms with Gasteiger partial charge in [-0.2, -0.15) is 0 Å². The molecule has 0 aliphatic carbocycles. The highest BCUT2D eigenvalue weighted by Gasteiger charge is 2.09. The number of hydrogen-bond acceptors (Lipinski definition) is 2. The third kappa shape index (κ3) is 6.26. The molecule has 1 aromatic heterocycles. The van der Waals surface area contributed by atoms with Gasteiger partial charge in [0, 0.05) is 15.0 Å². The fourth-order valence-electron chi connectivity index (χ4n) is 1.42. The van der Waals surface area contributed by atoms with Crippen molar-refractivity contribution in [3.05, 3.63) is 16.8 Å². The van der Waals surface area contributed by atoms with Crippen LogP contribution in [0.1, 0.15) is 32.6 Å². The van der Waals surface area contributed by atoms with Crippen LogP contribution in [-0.2, 0) is 0 Å². The quantitative estimate of drug-likeness (QED) is 0.569. The van der Waals surface area contributed by atoms with Gasteiger partial charge < -0.3 is 4.74 Å². The van der Waals surface area contributed by atoms with Gasteiger partial charge >= 0.3 is 0 Å². The topological polar surface area (TPSA) is 9.23 Å². The van der Waals surface area contributed by atoms with Gasteiger partial charge in [-0.3, -0.25) is 0 Å². The Hall–Kier alpha value is 0.460. The highest BCUT2D eigenvalue weighted by atomic mass is 79.9. The van der Waals surface area contributed by atoms with Crippen LogP contribution in [0.4, 0.5) is 0 Å². The first kappa shape index (κ1) is 14.5. The fraction of sp³-hybridized carbons (Fsp3) is 0.667. The number of halogens is 2. The lowest BCUT2D eigenvalue weighted by Crippen LogP contribution is -2.12. The highest BCUT2D eigenvalue weighted by Crippen LogP contribution is 2.20. The van der Waals surface area contributed by atoms with Gasteiger partial charge in [-0.05, 0) is 30.7 Å². The predicted octanol–water partition coefficient (Wildman–Crippen LogP) is 5.23. The van der Waals surface area contributed by atoms with Crippen LogP contribution in [0.15, 0.2) is 16.8 Å². The van der Waals surface area contributed by atoms with Crippen LogP contribution in [0.5, 0.6) is 5.75 Å². The molecule has 1 aromatic rings. The number of thiophene rings is 1. The first-order valence-electron chi connectivity index (χ1n) is 5.65. The van der Waals surface area contributed by atoms with Crippen molar-refractivity contribution < 1.29 is 4.74 Å². The van der Waals surface area contributed by atoms with Gasteiger partial charge in [0.1, 0.15) is 12.4 Å². The van der Waals surface area contributed by atoms with Crippen LogP contribution in [0.2, 0.25) is 0 Å². The molecule has 0 aromatic carbocycles. The van der Waals surface area contributed by atoms with E-state index in [1.165, 1.54) is 19.3 Å². The molecule has 1 heterocycles. The lowest BCUT2D eigenvalue weighted by molar-refractivity contribution is 0.314. The molecule has 0 aliphatic heterocycles. The molecule has 92 valence electrons. The van der Waals surface area contributed by atoms with E-state index >= 15 is 0 Å². The minimum absolute atomic E-state index is 0.448. The minimum Gasteiger partial charge on any atom is -0.492 e. The standard InChI is InChI=1S/C12H18Br2OS/c1-2-3-10(13)4-5-11(14)8-15-12-6-7-16-9-12/h6-7,9-11H,2-5,8H2,1H3. The fourth-order valence-corrected chi connectivity index (χ4v) is 3.11. The van der Waals surface area contributed by atoms with Gasteiger partial charge in [0.05, 0.1) is 0 Å². The molecule has 0 saturated carbocycles. The zero-order chi connectivity index (χ0) is 11.8. The monoisotopic (exact) mass is 368 g/mol. The maximum Gasteiger partial charge on any atom is 0.130 e. The van der Waals surface area contributed by atoms with E-state index in [0.29, 0.717) is 9.65 Å². The largest absolute Gasteiger partial charge is 0.492 e. The van der Waals surface area contributed by atoms with Gasteiger partial charge in [-0.25, -0.2) is 0 Å². The average molecular weight is 370 g/mol. The van der Waals surface area contributed by atoms with E-state index in [2.05, 4.69) is 38.8 Å². The maximum atomic E-state index is 5.65. The minimum atomic E-state index is 0.448. The Morgan fingerprint density at radius 3 is 2.62 bits per heavy atom. The van der Waals surface area contributed by atoms with Crippen LogP contribution in [0.3, 0.4) is 0 Å². The highest BCUT2D eigenvalue weighted by molar-refractivity contribution is 9.09. The average Bonchev–Trinajstić information content (AvgIpc) is 2.77. The summed E-state index contributed by atoms with van der Waals surface area (Å²) in [4.78, 5) is 1.10. The van der Waals surface area contributed by atoms with Crippen LogP contribution >= 0.6 is 43.2 Å². The van der Waals surface area contributed by atoms with Gasteiger partial charge in [0.2, 0.25) is 0 Å². The molecular formula is C12H18Br2OS. The normalized spacial score (nSPS) is 14.7. The summed E-state index contributed by atoms with van der Waals surface area (Å²) in [6.07, 6.45) is 4.86. The zero-order valence-corrected chi connectivity index (χ0v) is 13.5. The third-order valence-corrected chi connectivity index (χ3v) is 4.62. The van der Waals surface area contributed by atoms with Crippen molar-refractivity contribution in [1.82, 2.24) is 0 Å². The van der Waals surface area contributed by atoms with Crippen molar-refractivity contribution in [1.29, 1.82) is 0 Å². The summed E-state index contributed by atoms with van der Waals surface area (Å²) in [6.45, 7) is 2.97.